The zero-order valence-electron chi connectivity index (χ0n) is 27.5. The Labute approximate surface area is 275 Å². The largest absolute Gasteiger partial charge is 0.457 e. The smallest absolute Gasteiger partial charge is 0.410 e. The third kappa shape index (κ3) is 5.80. The average molecular weight is 637 g/mol. The van der Waals surface area contributed by atoms with Gasteiger partial charge in [-0.1, -0.05) is 18.2 Å². The molecule has 1 aliphatic carbocycles. The highest BCUT2D eigenvalue weighted by Crippen LogP contribution is 2.55. The van der Waals surface area contributed by atoms with Crippen molar-refractivity contribution in [2.75, 3.05) is 45.0 Å². The highest BCUT2D eigenvalue weighted by atomic mass is 16.6. The SMILES string of the molecule is CC(C)(C)OC(=O)N1CC(N2CC(N3CCC4(CC3)CC(n3nc(-c5ccc(Oc6ccccc6)cc5)c5c(N)ncnc53)C4)C2)C1. The van der Waals surface area contributed by atoms with Gasteiger partial charge >= 0.3 is 6.09 Å². The molecule has 246 valence electrons. The van der Waals surface area contributed by atoms with Crippen molar-refractivity contribution in [1.29, 1.82) is 0 Å². The van der Waals surface area contributed by atoms with E-state index in [0.717, 1.165) is 85.9 Å². The van der Waals surface area contributed by atoms with Crippen molar-refractivity contribution in [1.82, 2.24) is 34.4 Å². The number of nitrogens with zero attached hydrogens (tertiary/aromatic N) is 7. The summed E-state index contributed by atoms with van der Waals surface area (Å²) in [5, 5.41) is 5.93. The number of nitrogens with two attached hydrogens (primary N) is 1. The maximum Gasteiger partial charge on any atom is 0.410 e. The van der Waals surface area contributed by atoms with Gasteiger partial charge in [0.15, 0.2) is 5.65 Å². The van der Waals surface area contributed by atoms with E-state index in [1.165, 1.54) is 12.8 Å². The number of nitrogen functional groups attached to an aromatic ring is 1. The molecule has 4 aliphatic rings. The summed E-state index contributed by atoms with van der Waals surface area (Å²) in [5.74, 6) is 2.02. The van der Waals surface area contributed by atoms with Crippen molar-refractivity contribution < 1.29 is 14.3 Å². The third-order valence-electron chi connectivity index (χ3n) is 10.6. The molecule has 2 N–H and O–H groups in total. The van der Waals surface area contributed by atoms with Gasteiger partial charge in [0.2, 0.25) is 0 Å². The van der Waals surface area contributed by atoms with E-state index in [4.69, 9.17) is 20.3 Å². The van der Waals surface area contributed by atoms with Gasteiger partial charge in [-0.3, -0.25) is 9.80 Å². The lowest BCUT2D eigenvalue weighted by atomic mass is 9.60. The number of likely N-dealkylation sites (tertiary alicyclic amines) is 3. The molecule has 4 aromatic rings. The van der Waals surface area contributed by atoms with Crippen LogP contribution >= 0.6 is 0 Å². The van der Waals surface area contributed by atoms with Crippen molar-refractivity contribution in [3.8, 4) is 22.8 Å². The fourth-order valence-electron chi connectivity index (χ4n) is 7.82. The Bertz CT molecular complexity index is 1740. The molecule has 0 bridgehead atoms. The zero-order chi connectivity index (χ0) is 32.3. The van der Waals surface area contributed by atoms with E-state index in [9.17, 15) is 4.79 Å². The lowest BCUT2D eigenvalue weighted by Gasteiger charge is -2.57. The number of piperidine rings is 1. The monoisotopic (exact) mass is 636 g/mol. The van der Waals surface area contributed by atoms with Crippen molar-refractivity contribution >= 4 is 22.9 Å². The third-order valence-corrected chi connectivity index (χ3v) is 10.6. The van der Waals surface area contributed by atoms with Crippen molar-refractivity contribution in [3.63, 3.8) is 0 Å². The van der Waals surface area contributed by atoms with E-state index < -0.39 is 5.60 Å². The molecule has 11 nitrogen and oxygen atoms in total. The van der Waals surface area contributed by atoms with E-state index in [1.54, 1.807) is 6.33 Å². The molecule has 0 radical (unpaired) electrons. The number of benzene rings is 2. The average Bonchev–Trinajstić information content (AvgIpc) is 3.37. The van der Waals surface area contributed by atoms with Gasteiger partial charge in [0.25, 0.3) is 0 Å². The fourth-order valence-corrected chi connectivity index (χ4v) is 7.82. The Hall–Kier alpha value is -4.22. The van der Waals surface area contributed by atoms with Gasteiger partial charge in [0, 0.05) is 43.8 Å². The van der Waals surface area contributed by atoms with E-state index in [0.29, 0.717) is 29.4 Å². The number of carbonyl (C=O) groups excluding carboxylic acids is 1. The molecule has 1 amide bonds. The van der Waals surface area contributed by atoms with E-state index in [2.05, 4.69) is 24.4 Å². The predicted octanol–water partition coefficient (Wildman–Crippen LogP) is 5.59. The number of hydrogen-bond donors (Lipinski definition) is 1. The summed E-state index contributed by atoms with van der Waals surface area (Å²) in [5.41, 5.74) is 8.94. The van der Waals surface area contributed by atoms with E-state index in [1.807, 2.05) is 80.3 Å². The summed E-state index contributed by atoms with van der Waals surface area (Å²) in [7, 11) is 0. The first kappa shape index (κ1) is 30.1. The van der Waals surface area contributed by atoms with Gasteiger partial charge in [0.05, 0.1) is 11.4 Å². The number of aromatic nitrogens is 4. The van der Waals surface area contributed by atoms with Crippen LogP contribution in [0.4, 0.5) is 10.6 Å². The van der Waals surface area contributed by atoms with Crippen LogP contribution < -0.4 is 10.5 Å². The molecule has 1 saturated carbocycles. The summed E-state index contributed by atoms with van der Waals surface area (Å²) >= 11 is 0. The molecule has 0 atom stereocenters. The first-order valence-corrected chi connectivity index (χ1v) is 16.9. The number of carbonyl (C=O) groups is 1. The highest BCUT2D eigenvalue weighted by Gasteiger charge is 2.50. The quantitative estimate of drug-likeness (QED) is 0.289. The maximum absolute atomic E-state index is 12.3. The van der Waals surface area contributed by atoms with Gasteiger partial charge in [0.1, 0.15) is 34.9 Å². The van der Waals surface area contributed by atoms with Gasteiger partial charge < -0.3 is 20.1 Å². The Morgan fingerprint density at radius 3 is 2.19 bits per heavy atom. The molecule has 3 saturated heterocycles. The van der Waals surface area contributed by atoms with Crippen LogP contribution in [0, 0.1) is 5.41 Å². The Balaban J connectivity index is 0.864. The van der Waals surface area contributed by atoms with Crippen LogP contribution in [-0.4, -0.2) is 97.5 Å². The second-order valence-electron chi connectivity index (χ2n) is 14.9. The molecule has 5 heterocycles. The number of amides is 1. The van der Waals surface area contributed by atoms with Crippen LogP contribution in [0.5, 0.6) is 11.5 Å². The molecule has 2 aromatic heterocycles. The number of anilines is 1. The number of fused-ring (bicyclic) bond motifs is 1. The molecule has 3 aliphatic heterocycles. The normalized spacial score (nSPS) is 21.0. The molecular weight excluding hydrogens is 592 g/mol. The van der Waals surface area contributed by atoms with Crippen LogP contribution in [0.1, 0.15) is 52.5 Å². The lowest BCUT2D eigenvalue weighted by Crippen LogP contribution is -2.71. The van der Waals surface area contributed by atoms with E-state index >= 15 is 0 Å². The molecule has 0 unspecified atom stereocenters. The van der Waals surface area contributed by atoms with Gasteiger partial charge in [-0.05, 0) is 101 Å². The fraction of sp³-hybridized carbons (Fsp3) is 0.500. The van der Waals surface area contributed by atoms with Crippen molar-refractivity contribution in [3.05, 3.63) is 60.9 Å². The van der Waals surface area contributed by atoms with Crippen molar-refractivity contribution in [2.24, 2.45) is 5.41 Å². The maximum atomic E-state index is 12.3. The second-order valence-corrected chi connectivity index (χ2v) is 14.9. The van der Waals surface area contributed by atoms with Crippen LogP contribution in [0.2, 0.25) is 0 Å². The van der Waals surface area contributed by atoms with Gasteiger partial charge in [-0.15, -0.1) is 0 Å². The van der Waals surface area contributed by atoms with Crippen LogP contribution in [0.15, 0.2) is 60.9 Å². The summed E-state index contributed by atoms with van der Waals surface area (Å²) in [6, 6.07) is 19.2. The number of para-hydroxylation sites is 1. The first-order valence-electron chi connectivity index (χ1n) is 16.9. The Morgan fingerprint density at radius 1 is 0.851 bits per heavy atom. The standard InChI is InChI=1S/C36H44N8O3/c1-35(2,3)47-34(45)43-21-27(22-43)42-19-26(20-42)41-15-13-36(14-16-41)17-25(18-36)44-33-30(32(37)38-23-39-33)31(40-44)24-9-11-29(12-10-24)46-28-7-5-4-6-8-28/h4-12,23,25-27H,13-22H2,1-3H3,(H2,37,38,39). The number of rotatable bonds is 6. The highest BCUT2D eigenvalue weighted by molar-refractivity contribution is 5.98. The Morgan fingerprint density at radius 2 is 1.51 bits per heavy atom. The van der Waals surface area contributed by atoms with Crippen LogP contribution in [-0.2, 0) is 4.74 Å². The molecule has 4 fully saturated rings. The van der Waals surface area contributed by atoms with Crippen LogP contribution in [0.25, 0.3) is 22.3 Å². The van der Waals surface area contributed by atoms with Gasteiger partial charge in [-0.2, -0.15) is 5.10 Å². The number of hydrogen-bond acceptors (Lipinski definition) is 9. The van der Waals surface area contributed by atoms with E-state index in [-0.39, 0.29) is 6.09 Å². The zero-order valence-corrected chi connectivity index (χ0v) is 27.5. The van der Waals surface area contributed by atoms with Crippen molar-refractivity contribution in [2.45, 2.75) is 70.2 Å². The summed E-state index contributed by atoms with van der Waals surface area (Å²) < 4.78 is 13.6. The summed E-state index contributed by atoms with van der Waals surface area (Å²) in [6.07, 6.45) is 6.03. The molecule has 47 heavy (non-hydrogen) atoms. The summed E-state index contributed by atoms with van der Waals surface area (Å²) in [4.78, 5) is 28.3. The molecule has 1 spiro atoms. The molecule has 8 rings (SSSR count). The topological polar surface area (TPSA) is 115 Å². The van der Waals surface area contributed by atoms with Crippen LogP contribution in [0.3, 0.4) is 0 Å². The molecule has 11 heteroatoms. The summed E-state index contributed by atoms with van der Waals surface area (Å²) in [6.45, 7) is 11.8. The minimum Gasteiger partial charge on any atom is -0.457 e. The molecular formula is C36H44N8O3. The van der Waals surface area contributed by atoms with Gasteiger partial charge in [-0.25, -0.2) is 19.4 Å². The minimum absolute atomic E-state index is 0.190. The predicted molar refractivity (Wildman–Crippen MR) is 180 cm³/mol. The Kier molecular flexibility index (Phi) is 7.36. The lowest BCUT2D eigenvalue weighted by molar-refractivity contribution is -0.0805. The number of ether oxygens (including phenoxy) is 2. The second kappa shape index (κ2) is 11.5. The first-order chi connectivity index (χ1) is 22.6. The minimum atomic E-state index is -0.445. The molecule has 2 aromatic carbocycles.